The summed E-state index contributed by atoms with van der Waals surface area (Å²) < 4.78 is 0. The summed E-state index contributed by atoms with van der Waals surface area (Å²) in [5, 5.41) is 2.96. The highest BCUT2D eigenvalue weighted by atomic mass is 32.1. The maximum Gasteiger partial charge on any atom is 0.00277 e. The zero-order chi connectivity index (χ0) is 8.85. The number of nitrogens with one attached hydrogen (secondary N) is 1. The van der Waals surface area contributed by atoms with E-state index in [-0.39, 0.29) is 0 Å². The van der Waals surface area contributed by atoms with Crippen LogP contribution < -0.4 is 5.32 Å². The largest absolute Gasteiger partial charge is 0.394 e. The average molecular weight is 171 g/mol. The smallest absolute Gasteiger partial charge is 0.00277 e. The minimum absolute atomic E-state index is 0.539. The third-order valence-electron chi connectivity index (χ3n) is 1.47. The Labute approximate surface area is 75.0 Å². The predicted molar refractivity (Wildman–Crippen MR) is 54.7 cm³/mol. The molecule has 0 saturated carbocycles. The maximum atomic E-state index is 4.31. The molecule has 0 saturated heterocycles. The van der Waals surface area contributed by atoms with Crippen LogP contribution in [0.15, 0.2) is 22.8 Å². The molecule has 0 unspecified atom stereocenters. The minimum Gasteiger partial charge on any atom is -0.394 e. The van der Waals surface area contributed by atoms with Gasteiger partial charge in [0.05, 0.1) is 0 Å². The van der Waals surface area contributed by atoms with Crippen molar-refractivity contribution >= 4 is 12.6 Å². The maximum absolute atomic E-state index is 4.31. The Balaban J connectivity index is 4.38. The van der Waals surface area contributed by atoms with E-state index in [9.17, 15) is 0 Å². The first-order valence-electron chi connectivity index (χ1n) is 3.83. The number of hydrogen-bond acceptors (Lipinski definition) is 2. The van der Waals surface area contributed by atoms with Crippen LogP contribution in [0.5, 0.6) is 0 Å². The van der Waals surface area contributed by atoms with Gasteiger partial charge in [-0.2, -0.15) is 0 Å². The Hall–Kier alpha value is -0.370. The number of thiol groups is 1. The van der Waals surface area contributed by atoms with Crippen LogP contribution in [0.3, 0.4) is 0 Å². The first kappa shape index (κ1) is 10.6. The Morgan fingerprint density at radius 2 is 2.00 bits per heavy atom. The molecule has 0 radical (unpaired) electrons. The Kier molecular flexibility index (Phi) is 5.12. The van der Waals surface area contributed by atoms with Crippen LogP contribution >= 0.6 is 12.6 Å². The quantitative estimate of drug-likeness (QED) is 0.491. The van der Waals surface area contributed by atoms with Gasteiger partial charge in [-0.05, 0) is 35.6 Å². The Morgan fingerprint density at radius 1 is 1.45 bits per heavy atom. The SMILES string of the molecule is CN/C=C\C(=C(/C)S)C(C)C. The predicted octanol–water partition coefficient (Wildman–Crippen LogP) is 2.58. The molecule has 0 bridgehead atoms. The second-order valence-corrected chi connectivity index (χ2v) is 3.49. The molecular formula is C9H17NS. The van der Waals surface area contributed by atoms with Crippen molar-refractivity contribution in [3.8, 4) is 0 Å². The van der Waals surface area contributed by atoms with Gasteiger partial charge in [-0.25, -0.2) is 0 Å². The van der Waals surface area contributed by atoms with Gasteiger partial charge < -0.3 is 5.32 Å². The monoisotopic (exact) mass is 171 g/mol. The highest BCUT2D eigenvalue weighted by molar-refractivity contribution is 7.84. The third-order valence-corrected chi connectivity index (χ3v) is 1.73. The van der Waals surface area contributed by atoms with Crippen molar-refractivity contribution < 1.29 is 0 Å². The molecule has 0 heterocycles. The molecule has 0 amide bonds. The summed E-state index contributed by atoms with van der Waals surface area (Å²) in [4.78, 5) is 1.09. The average Bonchev–Trinajstić information content (AvgIpc) is 1.87. The van der Waals surface area contributed by atoms with Crippen molar-refractivity contribution in [1.82, 2.24) is 5.32 Å². The van der Waals surface area contributed by atoms with Gasteiger partial charge in [0.2, 0.25) is 0 Å². The zero-order valence-electron chi connectivity index (χ0n) is 7.68. The fourth-order valence-corrected chi connectivity index (χ4v) is 1.24. The zero-order valence-corrected chi connectivity index (χ0v) is 8.57. The van der Waals surface area contributed by atoms with E-state index >= 15 is 0 Å². The van der Waals surface area contributed by atoms with Crippen LogP contribution in [0.1, 0.15) is 20.8 Å². The molecule has 0 aliphatic heterocycles. The highest BCUT2D eigenvalue weighted by Gasteiger charge is 2.00. The van der Waals surface area contributed by atoms with Gasteiger partial charge in [0.15, 0.2) is 0 Å². The van der Waals surface area contributed by atoms with Crippen LogP contribution in [0, 0.1) is 5.92 Å². The molecule has 64 valence electrons. The van der Waals surface area contributed by atoms with Crippen LogP contribution in [0.4, 0.5) is 0 Å². The van der Waals surface area contributed by atoms with Crippen LogP contribution in [-0.4, -0.2) is 7.05 Å². The van der Waals surface area contributed by atoms with Gasteiger partial charge in [-0.3, -0.25) is 0 Å². The molecule has 0 fully saturated rings. The summed E-state index contributed by atoms with van der Waals surface area (Å²) >= 11 is 4.31. The topological polar surface area (TPSA) is 12.0 Å². The van der Waals surface area contributed by atoms with E-state index in [2.05, 4.69) is 37.9 Å². The van der Waals surface area contributed by atoms with Crippen molar-refractivity contribution in [2.45, 2.75) is 20.8 Å². The van der Waals surface area contributed by atoms with Gasteiger partial charge in [-0.1, -0.05) is 13.8 Å². The molecular weight excluding hydrogens is 154 g/mol. The summed E-state index contributed by atoms with van der Waals surface area (Å²) in [6, 6.07) is 0. The number of allylic oxidation sites excluding steroid dienone is 3. The van der Waals surface area contributed by atoms with Crippen LogP contribution in [-0.2, 0) is 0 Å². The first-order valence-corrected chi connectivity index (χ1v) is 4.27. The van der Waals surface area contributed by atoms with Crippen LogP contribution in [0.25, 0.3) is 0 Å². The molecule has 11 heavy (non-hydrogen) atoms. The lowest BCUT2D eigenvalue weighted by Gasteiger charge is -2.07. The number of hydrogen-bond donors (Lipinski definition) is 2. The number of rotatable bonds is 3. The molecule has 2 heteroatoms. The molecule has 0 spiro atoms. The van der Waals surface area contributed by atoms with E-state index in [0.717, 1.165) is 4.91 Å². The van der Waals surface area contributed by atoms with Crippen LogP contribution in [0.2, 0.25) is 0 Å². The summed E-state index contributed by atoms with van der Waals surface area (Å²) in [5.74, 6) is 0.539. The van der Waals surface area contributed by atoms with Gasteiger partial charge >= 0.3 is 0 Å². The molecule has 1 N–H and O–H groups in total. The summed E-state index contributed by atoms with van der Waals surface area (Å²) in [5.41, 5.74) is 1.28. The lowest BCUT2D eigenvalue weighted by molar-refractivity contribution is 0.786. The second-order valence-electron chi connectivity index (χ2n) is 2.82. The third kappa shape index (κ3) is 4.14. The molecule has 0 atom stereocenters. The fraction of sp³-hybridized carbons (Fsp3) is 0.556. The summed E-state index contributed by atoms with van der Waals surface area (Å²) in [6.07, 6.45) is 3.99. The Morgan fingerprint density at radius 3 is 2.27 bits per heavy atom. The lowest BCUT2D eigenvalue weighted by Crippen LogP contribution is -1.96. The molecule has 1 nitrogen and oxygen atoms in total. The van der Waals surface area contributed by atoms with E-state index < -0.39 is 0 Å². The van der Waals surface area contributed by atoms with Crippen molar-refractivity contribution in [2.75, 3.05) is 7.05 Å². The van der Waals surface area contributed by atoms with E-state index in [0.29, 0.717) is 5.92 Å². The summed E-state index contributed by atoms with van der Waals surface area (Å²) in [6.45, 7) is 6.34. The molecule has 0 aromatic rings. The van der Waals surface area contributed by atoms with E-state index in [4.69, 9.17) is 0 Å². The lowest BCUT2D eigenvalue weighted by atomic mass is 10.0. The first-order chi connectivity index (χ1) is 5.09. The van der Waals surface area contributed by atoms with E-state index in [1.54, 1.807) is 0 Å². The molecule has 0 aliphatic carbocycles. The van der Waals surface area contributed by atoms with Gasteiger partial charge in [-0.15, -0.1) is 12.6 Å². The van der Waals surface area contributed by atoms with Gasteiger partial charge in [0.1, 0.15) is 0 Å². The van der Waals surface area contributed by atoms with Crippen molar-refractivity contribution in [1.29, 1.82) is 0 Å². The van der Waals surface area contributed by atoms with E-state index in [1.165, 1.54) is 5.57 Å². The molecule has 0 aromatic heterocycles. The molecule has 0 aliphatic rings. The minimum atomic E-state index is 0.539. The Bertz CT molecular complexity index is 164. The highest BCUT2D eigenvalue weighted by Crippen LogP contribution is 2.17. The van der Waals surface area contributed by atoms with Gasteiger partial charge in [0.25, 0.3) is 0 Å². The van der Waals surface area contributed by atoms with Crippen molar-refractivity contribution in [2.24, 2.45) is 5.92 Å². The fourth-order valence-electron chi connectivity index (χ4n) is 0.904. The van der Waals surface area contributed by atoms with Crippen molar-refractivity contribution in [3.63, 3.8) is 0 Å². The molecule has 0 aromatic carbocycles. The molecule has 0 rings (SSSR count). The van der Waals surface area contributed by atoms with Gasteiger partial charge in [0, 0.05) is 7.05 Å². The van der Waals surface area contributed by atoms with E-state index in [1.807, 2.05) is 20.2 Å². The second kappa shape index (κ2) is 5.30. The normalized spacial score (nSPS) is 14.0. The van der Waals surface area contributed by atoms with Crippen molar-refractivity contribution in [3.05, 3.63) is 22.8 Å². The summed E-state index contributed by atoms with van der Waals surface area (Å²) in [7, 11) is 1.89. The standard InChI is InChI=1S/C9H17NS/c1-7(2)9(8(3)11)5-6-10-4/h5-7,10-11H,1-4H3/b6-5-,9-8-.